The van der Waals surface area contributed by atoms with Gasteiger partial charge in [0.25, 0.3) is 0 Å². The molecule has 2 atom stereocenters. The Labute approximate surface area is 85.8 Å². The minimum absolute atomic E-state index is 0.742. The summed E-state index contributed by atoms with van der Waals surface area (Å²) < 4.78 is 5.28. The van der Waals surface area contributed by atoms with Gasteiger partial charge in [0.15, 0.2) is 0 Å². The topological polar surface area (TPSA) is 21.3 Å². The van der Waals surface area contributed by atoms with E-state index in [-0.39, 0.29) is 0 Å². The molecule has 0 radical (unpaired) electrons. The Morgan fingerprint density at radius 2 is 2.38 bits per heavy atom. The standard InChI is InChI=1S/C10H21NOS/c1-3-12-7-4-6-11-10-5-8-13-9(10)2/h9-11H,3-8H2,1-2H3. The van der Waals surface area contributed by atoms with Gasteiger partial charge in [0.2, 0.25) is 0 Å². The van der Waals surface area contributed by atoms with Crippen molar-refractivity contribution in [2.45, 2.75) is 38.0 Å². The second-order valence-electron chi connectivity index (χ2n) is 3.48. The van der Waals surface area contributed by atoms with Crippen LogP contribution in [0.5, 0.6) is 0 Å². The van der Waals surface area contributed by atoms with Crippen LogP contribution in [0.25, 0.3) is 0 Å². The summed E-state index contributed by atoms with van der Waals surface area (Å²) in [6, 6.07) is 0.742. The van der Waals surface area contributed by atoms with Crippen molar-refractivity contribution in [2.24, 2.45) is 0 Å². The Morgan fingerprint density at radius 1 is 1.54 bits per heavy atom. The van der Waals surface area contributed by atoms with Crippen molar-refractivity contribution in [1.82, 2.24) is 5.32 Å². The van der Waals surface area contributed by atoms with Gasteiger partial charge in [0.1, 0.15) is 0 Å². The lowest BCUT2D eigenvalue weighted by Gasteiger charge is -2.16. The van der Waals surface area contributed by atoms with Gasteiger partial charge in [0.05, 0.1) is 0 Å². The molecule has 0 aromatic rings. The van der Waals surface area contributed by atoms with E-state index in [1.165, 1.54) is 12.2 Å². The van der Waals surface area contributed by atoms with E-state index in [0.717, 1.165) is 37.5 Å². The molecule has 1 heterocycles. The zero-order valence-electron chi connectivity index (χ0n) is 8.71. The quantitative estimate of drug-likeness (QED) is 0.666. The van der Waals surface area contributed by atoms with Gasteiger partial charge in [-0.1, -0.05) is 6.92 Å². The fourth-order valence-corrected chi connectivity index (χ4v) is 2.83. The van der Waals surface area contributed by atoms with Crippen LogP contribution in [0.1, 0.15) is 26.7 Å². The summed E-state index contributed by atoms with van der Waals surface area (Å²) in [7, 11) is 0. The van der Waals surface area contributed by atoms with Gasteiger partial charge in [-0.3, -0.25) is 0 Å². The largest absolute Gasteiger partial charge is 0.382 e. The lowest BCUT2D eigenvalue weighted by Crippen LogP contribution is -2.34. The molecule has 0 aromatic carbocycles. The van der Waals surface area contributed by atoms with Crippen LogP contribution in [0.4, 0.5) is 0 Å². The van der Waals surface area contributed by atoms with E-state index in [0.29, 0.717) is 0 Å². The van der Waals surface area contributed by atoms with Crippen LogP contribution in [-0.2, 0) is 4.74 Å². The van der Waals surface area contributed by atoms with Gasteiger partial charge in [-0.05, 0) is 32.1 Å². The van der Waals surface area contributed by atoms with Gasteiger partial charge in [-0.25, -0.2) is 0 Å². The Balaban J connectivity index is 1.93. The molecule has 0 amide bonds. The van der Waals surface area contributed by atoms with E-state index in [1.807, 2.05) is 6.92 Å². The van der Waals surface area contributed by atoms with Gasteiger partial charge in [-0.2, -0.15) is 11.8 Å². The van der Waals surface area contributed by atoms with Crippen LogP contribution in [0, 0.1) is 0 Å². The number of hydrogen-bond acceptors (Lipinski definition) is 3. The summed E-state index contributed by atoms with van der Waals surface area (Å²) in [5, 5.41) is 4.39. The SMILES string of the molecule is CCOCCCNC1CCSC1C. The molecule has 1 fully saturated rings. The minimum Gasteiger partial charge on any atom is -0.382 e. The summed E-state index contributed by atoms with van der Waals surface area (Å²) in [6.07, 6.45) is 2.47. The maximum Gasteiger partial charge on any atom is 0.0477 e. The monoisotopic (exact) mass is 203 g/mol. The third kappa shape index (κ3) is 4.34. The molecule has 1 saturated heterocycles. The molecule has 1 aliphatic rings. The summed E-state index contributed by atoms with van der Waals surface area (Å²) >= 11 is 2.08. The van der Waals surface area contributed by atoms with Crippen LogP contribution in [0.2, 0.25) is 0 Å². The third-order valence-corrected chi connectivity index (χ3v) is 3.78. The molecule has 0 saturated carbocycles. The highest BCUT2D eigenvalue weighted by Crippen LogP contribution is 2.25. The summed E-state index contributed by atoms with van der Waals surface area (Å²) in [4.78, 5) is 0. The van der Waals surface area contributed by atoms with Crippen LogP contribution in [0.3, 0.4) is 0 Å². The fourth-order valence-electron chi connectivity index (χ4n) is 1.61. The van der Waals surface area contributed by atoms with Crippen molar-refractivity contribution in [3.05, 3.63) is 0 Å². The van der Waals surface area contributed by atoms with Gasteiger partial charge < -0.3 is 10.1 Å². The first-order chi connectivity index (χ1) is 6.34. The maximum absolute atomic E-state index is 5.28. The number of thioether (sulfide) groups is 1. The number of rotatable bonds is 6. The summed E-state index contributed by atoms with van der Waals surface area (Å²) in [5.74, 6) is 1.32. The van der Waals surface area contributed by atoms with E-state index in [9.17, 15) is 0 Å². The molecule has 78 valence electrons. The molecule has 3 heteroatoms. The van der Waals surface area contributed by atoms with Crippen molar-refractivity contribution in [2.75, 3.05) is 25.5 Å². The molecule has 2 unspecified atom stereocenters. The minimum atomic E-state index is 0.742. The smallest absolute Gasteiger partial charge is 0.0477 e. The normalized spacial score (nSPS) is 28.2. The van der Waals surface area contributed by atoms with Crippen LogP contribution < -0.4 is 5.32 Å². The first kappa shape index (κ1) is 11.3. The molecule has 2 nitrogen and oxygen atoms in total. The lowest BCUT2D eigenvalue weighted by atomic mass is 10.2. The van der Waals surface area contributed by atoms with E-state index in [2.05, 4.69) is 24.0 Å². The molecular weight excluding hydrogens is 182 g/mol. The average molecular weight is 203 g/mol. The molecule has 1 aliphatic heterocycles. The predicted octanol–water partition coefficient (Wildman–Crippen LogP) is 1.90. The number of nitrogens with one attached hydrogen (secondary N) is 1. The maximum atomic E-state index is 5.28. The Kier molecular flexibility index (Phi) is 5.83. The molecule has 1 rings (SSSR count). The van der Waals surface area contributed by atoms with Crippen molar-refractivity contribution in [3.63, 3.8) is 0 Å². The molecule has 0 bridgehead atoms. The van der Waals surface area contributed by atoms with Gasteiger partial charge in [-0.15, -0.1) is 0 Å². The second kappa shape index (κ2) is 6.68. The molecule has 1 N–H and O–H groups in total. The first-order valence-electron chi connectivity index (χ1n) is 5.27. The first-order valence-corrected chi connectivity index (χ1v) is 6.32. The van der Waals surface area contributed by atoms with Crippen molar-refractivity contribution >= 4 is 11.8 Å². The highest BCUT2D eigenvalue weighted by Gasteiger charge is 2.22. The highest BCUT2D eigenvalue weighted by molar-refractivity contribution is 8.00. The Hall–Kier alpha value is 0.270. The van der Waals surface area contributed by atoms with E-state index < -0.39 is 0 Å². The Morgan fingerprint density at radius 3 is 3.00 bits per heavy atom. The van der Waals surface area contributed by atoms with Crippen molar-refractivity contribution < 1.29 is 4.74 Å². The van der Waals surface area contributed by atoms with Gasteiger partial charge in [0, 0.05) is 24.5 Å². The number of ether oxygens (including phenoxy) is 1. The second-order valence-corrected chi connectivity index (χ2v) is 4.96. The third-order valence-electron chi connectivity index (χ3n) is 2.45. The van der Waals surface area contributed by atoms with Crippen LogP contribution in [0.15, 0.2) is 0 Å². The predicted molar refractivity (Wildman–Crippen MR) is 59.4 cm³/mol. The molecule has 13 heavy (non-hydrogen) atoms. The Bertz CT molecular complexity index is 132. The number of hydrogen-bond donors (Lipinski definition) is 1. The zero-order valence-corrected chi connectivity index (χ0v) is 9.53. The highest BCUT2D eigenvalue weighted by atomic mass is 32.2. The van der Waals surface area contributed by atoms with Crippen LogP contribution in [-0.4, -0.2) is 36.8 Å². The molecule has 0 spiro atoms. The van der Waals surface area contributed by atoms with Crippen LogP contribution >= 0.6 is 11.8 Å². The van der Waals surface area contributed by atoms with Gasteiger partial charge >= 0.3 is 0 Å². The zero-order chi connectivity index (χ0) is 9.52. The summed E-state index contributed by atoms with van der Waals surface area (Å²) in [5.41, 5.74) is 0. The van der Waals surface area contributed by atoms with Crippen molar-refractivity contribution in [1.29, 1.82) is 0 Å². The average Bonchev–Trinajstić information content (AvgIpc) is 2.52. The van der Waals surface area contributed by atoms with E-state index in [1.54, 1.807) is 0 Å². The molecule has 0 aromatic heterocycles. The van der Waals surface area contributed by atoms with E-state index >= 15 is 0 Å². The molecule has 0 aliphatic carbocycles. The molecular formula is C10H21NOS. The van der Waals surface area contributed by atoms with E-state index in [4.69, 9.17) is 4.74 Å². The lowest BCUT2D eigenvalue weighted by molar-refractivity contribution is 0.144. The van der Waals surface area contributed by atoms with Crippen molar-refractivity contribution in [3.8, 4) is 0 Å². The fraction of sp³-hybridized carbons (Fsp3) is 1.00. The summed E-state index contributed by atoms with van der Waals surface area (Å²) in [6.45, 7) is 7.21.